The van der Waals surface area contributed by atoms with Gasteiger partial charge in [-0.3, -0.25) is 19.9 Å². The van der Waals surface area contributed by atoms with Crippen LogP contribution in [0.5, 0.6) is 0 Å². The van der Waals surface area contributed by atoms with Gasteiger partial charge in [0.05, 0.1) is 10.9 Å². The molecular formula is C13H14BrN3O2. The number of fused-ring (bicyclic) bond motifs is 1. The Morgan fingerprint density at radius 3 is 2.84 bits per heavy atom. The third kappa shape index (κ3) is 3.01. The van der Waals surface area contributed by atoms with Gasteiger partial charge in [0, 0.05) is 11.2 Å². The molecule has 0 saturated carbocycles. The van der Waals surface area contributed by atoms with Crippen LogP contribution in [0.15, 0.2) is 23.0 Å². The summed E-state index contributed by atoms with van der Waals surface area (Å²) in [5.74, 6) is -0.167. The van der Waals surface area contributed by atoms with Gasteiger partial charge in [0.2, 0.25) is 11.9 Å². The molecule has 0 aliphatic heterocycles. The van der Waals surface area contributed by atoms with Crippen molar-refractivity contribution < 1.29 is 4.79 Å². The van der Waals surface area contributed by atoms with Crippen LogP contribution < -0.4 is 10.9 Å². The lowest BCUT2D eigenvalue weighted by Crippen LogP contribution is -2.22. The summed E-state index contributed by atoms with van der Waals surface area (Å²) in [7, 11) is 0. The van der Waals surface area contributed by atoms with Crippen LogP contribution >= 0.6 is 15.9 Å². The molecule has 5 nitrogen and oxygen atoms in total. The molecule has 0 saturated heterocycles. The molecule has 6 heteroatoms. The summed E-state index contributed by atoms with van der Waals surface area (Å²) in [4.78, 5) is 30.3. The van der Waals surface area contributed by atoms with Crippen molar-refractivity contribution in [3.63, 3.8) is 0 Å². The van der Waals surface area contributed by atoms with Crippen molar-refractivity contribution >= 4 is 38.7 Å². The van der Waals surface area contributed by atoms with E-state index in [1.807, 2.05) is 6.07 Å². The molecule has 1 aromatic carbocycles. The number of hydrogen-bond acceptors (Lipinski definition) is 3. The Bertz CT molecular complexity index is 679. The molecule has 0 fully saturated rings. The monoisotopic (exact) mass is 323 g/mol. The highest BCUT2D eigenvalue weighted by molar-refractivity contribution is 9.08. The number of anilines is 1. The van der Waals surface area contributed by atoms with E-state index in [1.165, 1.54) is 0 Å². The summed E-state index contributed by atoms with van der Waals surface area (Å²) in [6, 6.07) is 5.44. The van der Waals surface area contributed by atoms with Crippen LogP contribution in [0.2, 0.25) is 0 Å². The minimum Gasteiger partial charge on any atom is -0.296 e. The van der Waals surface area contributed by atoms with Crippen LogP contribution in [0.4, 0.5) is 5.95 Å². The van der Waals surface area contributed by atoms with E-state index in [9.17, 15) is 9.59 Å². The van der Waals surface area contributed by atoms with Crippen molar-refractivity contribution in [1.82, 2.24) is 9.97 Å². The molecule has 1 aromatic heterocycles. The number of halogens is 1. The fourth-order valence-electron chi connectivity index (χ4n) is 1.59. The van der Waals surface area contributed by atoms with E-state index in [-0.39, 0.29) is 23.3 Å². The van der Waals surface area contributed by atoms with Gasteiger partial charge in [0.15, 0.2) is 0 Å². The first-order valence-corrected chi connectivity index (χ1v) is 7.03. The van der Waals surface area contributed by atoms with Gasteiger partial charge in [-0.25, -0.2) is 4.98 Å². The fourth-order valence-corrected chi connectivity index (χ4v) is 1.94. The predicted octanol–water partition coefficient (Wildman–Crippen LogP) is 2.41. The van der Waals surface area contributed by atoms with Crippen molar-refractivity contribution in [1.29, 1.82) is 0 Å². The Labute approximate surface area is 118 Å². The van der Waals surface area contributed by atoms with Crippen molar-refractivity contribution in [2.24, 2.45) is 5.92 Å². The Morgan fingerprint density at radius 2 is 2.21 bits per heavy atom. The Hall–Kier alpha value is -1.69. The Balaban J connectivity index is 2.45. The van der Waals surface area contributed by atoms with Gasteiger partial charge >= 0.3 is 0 Å². The third-order valence-electron chi connectivity index (χ3n) is 2.69. The number of rotatable bonds is 3. The van der Waals surface area contributed by atoms with E-state index in [4.69, 9.17) is 0 Å². The van der Waals surface area contributed by atoms with E-state index in [0.717, 1.165) is 5.56 Å². The first-order valence-electron chi connectivity index (χ1n) is 5.91. The lowest BCUT2D eigenvalue weighted by molar-refractivity contribution is -0.118. The zero-order chi connectivity index (χ0) is 14.0. The number of benzene rings is 1. The second-order valence-electron chi connectivity index (χ2n) is 4.54. The molecule has 0 atom stereocenters. The van der Waals surface area contributed by atoms with Gasteiger partial charge in [-0.1, -0.05) is 35.8 Å². The number of carbonyl (C=O) groups excluding carboxylic acids is 1. The normalized spacial score (nSPS) is 10.9. The van der Waals surface area contributed by atoms with Gasteiger partial charge in [-0.05, 0) is 17.7 Å². The molecule has 19 heavy (non-hydrogen) atoms. The summed E-state index contributed by atoms with van der Waals surface area (Å²) < 4.78 is 0. The summed E-state index contributed by atoms with van der Waals surface area (Å²) in [6.07, 6.45) is 0. The average Bonchev–Trinajstić information content (AvgIpc) is 2.38. The van der Waals surface area contributed by atoms with Crippen LogP contribution in [0.1, 0.15) is 19.4 Å². The SMILES string of the molecule is CC(C)C(=O)Nc1nc2ccc(CBr)cc2c(=O)[nH]1. The summed E-state index contributed by atoms with van der Waals surface area (Å²) >= 11 is 3.34. The number of H-pyrrole nitrogens is 1. The molecule has 2 N–H and O–H groups in total. The Morgan fingerprint density at radius 1 is 1.47 bits per heavy atom. The number of nitrogens with zero attached hydrogens (tertiary/aromatic N) is 1. The van der Waals surface area contributed by atoms with Crippen LogP contribution in [-0.2, 0) is 10.1 Å². The van der Waals surface area contributed by atoms with Gasteiger partial charge in [-0.15, -0.1) is 0 Å². The molecule has 0 aliphatic carbocycles. The highest BCUT2D eigenvalue weighted by atomic mass is 79.9. The molecule has 0 aliphatic rings. The Kier molecular flexibility index (Phi) is 3.99. The average molecular weight is 324 g/mol. The van der Waals surface area contributed by atoms with Gasteiger partial charge < -0.3 is 0 Å². The van der Waals surface area contributed by atoms with Gasteiger partial charge in [-0.2, -0.15) is 0 Å². The van der Waals surface area contributed by atoms with Gasteiger partial charge in [0.1, 0.15) is 0 Å². The smallest absolute Gasteiger partial charge is 0.260 e. The van der Waals surface area contributed by atoms with E-state index >= 15 is 0 Å². The van der Waals surface area contributed by atoms with E-state index in [2.05, 4.69) is 31.2 Å². The standard InChI is InChI=1S/C13H14BrN3O2/c1-7(2)11(18)16-13-15-10-4-3-8(6-14)5-9(10)12(19)17-13/h3-5,7H,6H2,1-2H3,(H2,15,16,17,18,19). The lowest BCUT2D eigenvalue weighted by atomic mass is 10.2. The van der Waals surface area contributed by atoms with Crippen LogP contribution in [-0.4, -0.2) is 15.9 Å². The quantitative estimate of drug-likeness (QED) is 0.852. The molecule has 0 spiro atoms. The molecule has 2 rings (SSSR count). The number of hydrogen-bond donors (Lipinski definition) is 2. The third-order valence-corrected chi connectivity index (χ3v) is 3.34. The number of carbonyl (C=O) groups is 1. The largest absolute Gasteiger partial charge is 0.296 e. The lowest BCUT2D eigenvalue weighted by Gasteiger charge is -2.07. The van der Waals surface area contributed by atoms with Crippen molar-refractivity contribution in [3.05, 3.63) is 34.1 Å². The summed E-state index contributed by atoms with van der Waals surface area (Å²) in [5.41, 5.74) is 1.30. The van der Waals surface area contributed by atoms with Crippen LogP contribution in [0.25, 0.3) is 10.9 Å². The predicted molar refractivity (Wildman–Crippen MR) is 78.5 cm³/mol. The minimum atomic E-state index is -0.258. The van der Waals surface area contributed by atoms with E-state index in [1.54, 1.807) is 26.0 Å². The van der Waals surface area contributed by atoms with Crippen molar-refractivity contribution in [2.75, 3.05) is 5.32 Å². The number of alkyl halides is 1. The molecule has 0 unspecified atom stereocenters. The van der Waals surface area contributed by atoms with Gasteiger partial charge in [0.25, 0.3) is 5.56 Å². The van der Waals surface area contributed by atoms with E-state index < -0.39 is 0 Å². The maximum Gasteiger partial charge on any atom is 0.260 e. The first-order chi connectivity index (χ1) is 9.01. The number of aromatic amines is 1. The van der Waals surface area contributed by atoms with Crippen LogP contribution in [0, 0.1) is 5.92 Å². The molecule has 0 radical (unpaired) electrons. The maximum absolute atomic E-state index is 12.0. The highest BCUT2D eigenvalue weighted by Crippen LogP contribution is 2.14. The molecular weight excluding hydrogens is 310 g/mol. The molecule has 100 valence electrons. The minimum absolute atomic E-state index is 0.170. The maximum atomic E-state index is 12.0. The topological polar surface area (TPSA) is 74.8 Å². The van der Waals surface area contributed by atoms with Crippen molar-refractivity contribution in [3.8, 4) is 0 Å². The summed E-state index contributed by atoms with van der Waals surface area (Å²) in [6.45, 7) is 3.55. The second kappa shape index (κ2) is 5.52. The number of aromatic nitrogens is 2. The highest BCUT2D eigenvalue weighted by Gasteiger charge is 2.10. The molecule has 0 bridgehead atoms. The number of amides is 1. The fraction of sp³-hybridized carbons (Fsp3) is 0.308. The second-order valence-corrected chi connectivity index (χ2v) is 5.10. The molecule has 1 amide bonds. The van der Waals surface area contributed by atoms with Crippen LogP contribution in [0.3, 0.4) is 0 Å². The zero-order valence-corrected chi connectivity index (χ0v) is 12.2. The molecule has 2 aromatic rings. The summed E-state index contributed by atoms with van der Waals surface area (Å²) in [5, 5.41) is 3.78. The zero-order valence-electron chi connectivity index (χ0n) is 10.7. The first kappa shape index (κ1) is 13.7. The van der Waals surface area contributed by atoms with Crippen molar-refractivity contribution in [2.45, 2.75) is 19.2 Å². The van der Waals surface area contributed by atoms with E-state index in [0.29, 0.717) is 16.2 Å². The number of nitrogens with one attached hydrogen (secondary N) is 2. The molecule has 1 heterocycles.